The maximum atomic E-state index is 12.0. The third kappa shape index (κ3) is 6.55. The van der Waals surface area contributed by atoms with Gasteiger partial charge in [0.2, 0.25) is 0 Å². The van der Waals surface area contributed by atoms with Gasteiger partial charge >= 0.3 is 5.97 Å². The zero-order valence-corrected chi connectivity index (χ0v) is 25.2. The van der Waals surface area contributed by atoms with Gasteiger partial charge in [0.1, 0.15) is 5.54 Å². The first kappa shape index (κ1) is 30.2. The number of aryl methyl sites for hydroxylation is 2. The molecule has 0 saturated heterocycles. The van der Waals surface area contributed by atoms with Crippen LogP contribution in [0.5, 0.6) is 0 Å². The van der Waals surface area contributed by atoms with Crippen LogP contribution < -0.4 is 11.1 Å². The van der Waals surface area contributed by atoms with Gasteiger partial charge in [0, 0.05) is 40.8 Å². The summed E-state index contributed by atoms with van der Waals surface area (Å²) in [7, 11) is 0. The number of anilines is 2. The van der Waals surface area contributed by atoms with Gasteiger partial charge in [-0.3, -0.25) is 15.2 Å². The highest BCUT2D eigenvalue weighted by Crippen LogP contribution is 2.42. The minimum absolute atomic E-state index is 0.219. The summed E-state index contributed by atoms with van der Waals surface area (Å²) in [6.45, 7) is 4.09. The topological polar surface area (TPSA) is 101 Å². The molecule has 0 aliphatic carbocycles. The summed E-state index contributed by atoms with van der Waals surface area (Å²) in [6, 6.07) is 38.7. The molecule has 1 heterocycles. The van der Waals surface area contributed by atoms with Crippen LogP contribution in [0, 0.1) is 12.3 Å². The van der Waals surface area contributed by atoms with Crippen LogP contribution in [0.3, 0.4) is 0 Å². The van der Waals surface area contributed by atoms with E-state index in [0.717, 1.165) is 39.2 Å². The fourth-order valence-corrected chi connectivity index (χ4v) is 5.68. The normalized spacial score (nSPS) is 11.1. The Morgan fingerprint density at radius 2 is 1.43 bits per heavy atom. The fraction of sp³-hybridized carbons (Fsp3) is 0.184. The maximum absolute atomic E-state index is 12.0. The van der Waals surface area contributed by atoms with Crippen LogP contribution in [0.2, 0.25) is 0 Å². The van der Waals surface area contributed by atoms with Crippen LogP contribution in [-0.4, -0.2) is 23.3 Å². The molecule has 5 aromatic rings. The standard InChI is InChI=1S/C38H38N4O2/c1-3-44-36(43)21-13-14-28-25-33(37(40)29-22-23-41-27(2)24-29)35(26-34(28)39)42-38(30-15-7-4-8-16-30,31-17-9-5-10-18-31)32-19-11-6-12-20-32/h4-12,15-20,22-26,40,42H,3,13-14,21,39H2,1-2H3. The van der Waals surface area contributed by atoms with E-state index in [1.807, 2.05) is 85.8 Å². The van der Waals surface area contributed by atoms with Crippen molar-refractivity contribution in [3.05, 3.63) is 161 Å². The van der Waals surface area contributed by atoms with E-state index in [0.29, 0.717) is 42.8 Å². The van der Waals surface area contributed by atoms with E-state index in [4.69, 9.17) is 10.5 Å². The number of nitrogens with one attached hydrogen (secondary N) is 2. The second kappa shape index (κ2) is 13.8. The number of aromatic nitrogens is 1. The fourth-order valence-electron chi connectivity index (χ4n) is 5.68. The van der Waals surface area contributed by atoms with Crippen molar-refractivity contribution in [1.82, 2.24) is 4.98 Å². The Kier molecular flexibility index (Phi) is 9.50. The quantitative estimate of drug-likeness (QED) is 0.0606. The van der Waals surface area contributed by atoms with Crippen molar-refractivity contribution >= 4 is 23.1 Å². The van der Waals surface area contributed by atoms with Gasteiger partial charge in [0.05, 0.1) is 12.3 Å². The lowest BCUT2D eigenvalue weighted by Crippen LogP contribution is -2.38. The largest absolute Gasteiger partial charge is 0.466 e. The Balaban J connectivity index is 1.69. The highest BCUT2D eigenvalue weighted by Gasteiger charge is 2.37. The molecule has 0 amide bonds. The maximum Gasteiger partial charge on any atom is 0.305 e. The Morgan fingerprint density at radius 1 is 0.864 bits per heavy atom. The minimum Gasteiger partial charge on any atom is -0.466 e. The van der Waals surface area contributed by atoms with E-state index in [1.165, 1.54) is 0 Å². The van der Waals surface area contributed by atoms with Crippen molar-refractivity contribution in [3.63, 3.8) is 0 Å². The molecule has 0 saturated carbocycles. The summed E-state index contributed by atoms with van der Waals surface area (Å²) in [5.41, 5.74) is 13.9. The van der Waals surface area contributed by atoms with Crippen molar-refractivity contribution in [2.45, 2.75) is 38.6 Å². The predicted molar refractivity (Wildman–Crippen MR) is 178 cm³/mol. The van der Waals surface area contributed by atoms with Crippen molar-refractivity contribution in [1.29, 1.82) is 5.41 Å². The molecule has 4 N–H and O–H groups in total. The molecule has 0 atom stereocenters. The Morgan fingerprint density at radius 3 is 1.95 bits per heavy atom. The summed E-state index contributed by atoms with van der Waals surface area (Å²) >= 11 is 0. The molecule has 0 spiro atoms. The number of nitrogen functional groups attached to an aromatic ring is 1. The van der Waals surface area contributed by atoms with Gasteiger partial charge in [-0.1, -0.05) is 91.0 Å². The van der Waals surface area contributed by atoms with Crippen LogP contribution in [0.15, 0.2) is 121 Å². The molecular formula is C38H38N4O2. The van der Waals surface area contributed by atoms with E-state index in [-0.39, 0.29) is 5.97 Å². The third-order valence-corrected chi connectivity index (χ3v) is 7.81. The first-order valence-electron chi connectivity index (χ1n) is 15.0. The molecule has 0 aliphatic heterocycles. The Hall–Kier alpha value is -5.23. The molecule has 0 fully saturated rings. The van der Waals surface area contributed by atoms with Crippen LogP contribution >= 0.6 is 0 Å². The molecule has 6 nitrogen and oxygen atoms in total. The molecule has 0 aliphatic rings. The Labute approximate surface area is 259 Å². The lowest BCUT2D eigenvalue weighted by atomic mass is 9.76. The van der Waals surface area contributed by atoms with Crippen LogP contribution in [0.25, 0.3) is 0 Å². The Bertz CT molecular complexity index is 1620. The van der Waals surface area contributed by atoms with Crippen molar-refractivity contribution in [2.24, 2.45) is 0 Å². The summed E-state index contributed by atoms with van der Waals surface area (Å²) < 4.78 is 5.12. The van der Waals surface area contributed by atoms with Gasteiger partial charge in [-0.05, 0) is 73.2 Å². The van der Waals surface area contributed by atoms with Crippen LogP contribution in [0.4, 0.5) is 11.4 Å². The van der Waals surface area contributed by atoms with Gasteiger partial charge in [-0.15, -0.1) is 0 Å². The number of carbonyl (C=O) groups is 1. The number of ether oxygens (including phenoxy) is 1. The summed E-state index contributed by atoms with van der Waals surface area (Å²) in [5, 5.41) is 13.3. The summed E-state index contributed by atoms with van der Waals surface area (Å²) in [6.07, 6.45) is 3.22. The predicted octanol–water partition coefficient (Wildman–Crippen LogP) is 7.68. The van der Waals surface area contributed by atoms with E-state index >= 15 is 0 Å². The van der Waals surface area contributed by atoms with E-state index < -0.39 is 5.54 Å². The lowest BCUT2D eigenvalue weighted by molar-refractivity contribution is -0.143. The third-order valence-electron chi connectivity index (χ3n) is 7.81. The monoisotopic (exact) mass is 582 g/mol. The number of esters is 1. The molecule has 0 bridgehead atoms. The van der Waals surface area contributed by atoms with Crippen molar-refractivity contribution in [3.8, 4) is 0 Å². The number of carbonyl (C=O) groups excluding carboxylic acids is 1. The average Bonchev–Trinajstić information content (AvgIpc) is 3.05. The number of rotatable bonds is 12. The van der Waals surface area contributed by atoms with E-state index in [9.17, 15) is 10.2 Å². The number of benzene rings is 4. The molecule has 0 radical (unpaired) electrons. The highest BCUT2D eigenvalue weighted by molar-refractivity contribution is 6.14. The smallest absolute Gasteiger partial charge is 0.305 e. The van der Waals surface area contributed by atoms with Crippen molar-refractivity contribution in [2.75, 3.05) is 17.7 Å². The lowest BCUT2D eigenvalue weighted by Gasteiger charge is -2.38. The van der Waals surface area contributed by atoms with Gasteiger partial charge in [0.25, 0.3) is 0 Å². The number of pyridine rings is 1. The molecular weight excluding hydrogens is 544 g/mol. The van der Waals surface area contributed by atoms with Gasteiger partial charge in [-0.2, -0.15) is 0 Å². The molecule has 0 unspecified atom stereocenters. The molecule has 222 valence electrons. The molecule has 44 heavy (non-hydrogen) atoms. The zero-order valence-electron chi connectivity index (χ0n) is 25.2. The first-order chi connectivity index (χ1) is 21.4. The molecule has 6 heteroatoms. The van der Waals surface area contributed by atoms with E-state index in [1.54, 1.807) is 13.1 Å². The second-order valence-electron chi connectivity index (χ2n) is 10.8. The zero-order chi connectivity index (χ0) is 30.9. The van der Waals surface area contributed by atoms with Gasteiger partial charge in [0.15, 0.2) is 0 Å². The molecule has 5 rings (SSSR count). The van der Waals surface area contributed by atoms with Crippen LogP contribution in [0.1, 0.15) is 58.8 Å². The minimum atomic E-state index is -0.801. The summed E-state index contributed by atoms with van der Waals surface area (Å²) in [5.74, 6) is -0.219. The van der Waals surface area contributed by atoms with E-state index in [2.05, 4.69) is 46.7 Å². The number of hydrogen-bond acceptors (Lipinski definition) is 6. The van der Waals surface area contributed by atoms with Gasteiger partial charge < -0.3 is 15.8 Å². The number of nitrogens with two attached hydrogens (primary N) is 1. The number of nitrogens with zero attached hydrogens (tertiary/aromatic N) is 1. The first-order valence-corrected chi connectivity index (χ1v) is 15.0. The molecule has 1 aromatic heterocycles. The SMILES string of the molecule is CCOC(=O)CCCc1cc(C(=N)c2ccnc(C)c2)c(NC(c2ccccc2)(c2ccccc2)c2ccccc2)cc1N. The van der Waals surface area contributed by atoms with Crippen molar-refractivity contribution < 1.29 is 9.53 Å². The second-order valence-corrected chi connectivity index (χ2v) is 10.8. The summed E-state index contributed by atoms with van der Waals surface area (Å²) in [4.78, 5) is 16.4. The van der Waals surface area contributed by atoms with Gasteiger partial charge in [-0.25, -0.2) is 0 Å². The number of hydrogen-bond donors (Lipinski definition) is 3. The molecule has 4 aromatic carbocycles. The van der Waals surface area contributed by atoms with Crippen LogP contribution in [-0.2, 0) is 21.5 Å². The highest BCUT2D eigenvalue weighted by atomic mass is 16.5. The average molecular weight is 583 g/mol.